The summed E-state index contributed by atoms with van der Waals surface area (Å²) in [6, 6.07) is 4.26. The molecule has 0 aliphatic heterocycles. The summed E-state index contributed by atoms with van der Waals surface area (Å²) in [6.07, 6.45) is 4.09. The van der Waals surface area contributed by atoms with Crippen LogP contribution in [0, 0.1) is 0 Å². The van der Waals surface area contributed by atoms with E-state index in [9.17, 15) is 9.59 Å². The van der Waals surface area contributed by atoms with Crippen molar-refractivity contribution in [2.75, 3.05) is 5.32 Å². The van der Waals surface area contributed by atoms with Crippen LogP contribution >= 0.6 is 0 Å². The van der Waals surface area contributed by atoms with E-state index in [-0.39, 0.29) is 12.1 Å². The minimum atomic E-state index is -1.11. The van der Waals surface area contributed by atoms with Gasteiger partial charge in [0.2, 0.25) is 0 Å². The topological polar surface area (TPSA) is 117 Å². The van der Waals surface area contributed by atoms with Gasteiger partial charge in [0.1, 0.15) is 0 Å². The number of aromatic carboxylic acids is 1. The predicted molar refractivity (Wildman–Crippen MR) is 69.1 cm³/mol. The predicted octanol–water partition coefficient (Wildman–Crippen LogP) is 0.892. The first-order chi connectivity index (χ1) is 9.65. The van der Waals surface area contributed by atoms with E-state index < -0.39 is 12.0 Å². The second-order valence-corrected chi connectivity index (χ2v) is 3.79. The summed E-state index contributed by atoms with van der Waals surface area (Å²) in [4.78, 5) is 26.1. The molecule has 0 aliphatic carbocycles. The monoisotopic (exact) mass is 273 g/mol. The molecule has 0 spiro atoms. The largest absolute Gasteiger partial charge is 0.478 e. The Hall–Kier alpha value is -3.03. The Morgan fingerprint density at radius 1 is 1.30 bits per heavy atom. The molecule has 3 N–H and O–H groups in total. The third-order valence-corrected chi connectivity index (χ3v) is 2.30. The van der Waals surface area contributed by atoms with Crippen LogP contribution in [0.1, 0.15) is 16.1 Å². The molecule has 2 aromatic heterocycles. The highest BCUT2D eigenvalue weighted by molar-refractivity contribution is 5.92. The van der Waals surface area contributed by atoms with Crippen molar-refractivity contribution in [3.63, 3.8) is 0 Å². The number of nitrogens with zero attached hydrogens (tertiary/aromatic N) is 3. The van der Waals surface area contributed by atoms with E-state index in [2.05, 4.69) is 25.8 Å². The third kappa shape index (κ3) is 3.73. The molecule has 2 heterocycles. The lowest BCUT2D eigenvalue weighted by Gasteiger charge is -2.07. The average molecular weight is 273 g/mol. The zero-order chi connectivity index (χ0) is 14.4. The molecule has 0 fully saturated rings. The normalized spacial score (nSPS) is 9.80. The summed E-state index contributed by atoms with van der Waals surface area (Å²) in [5, 5.41) is 21.4. The van der Waals surface area contributed by atoms with E-state index in [1.54, 1.807) is 12.1 Å². The summed E-state index contributed by atoms with van der Waals surface area (Å²) in [6.45, 7) is 0.214. The van der Waals surface area contributed by atoms with Crippen LogP contribution in [0.15, 0.2) is 36.8 Å². The van der Waals surface area contributed by atoms with E-state index in [1.807, 2.05) is 0 Å². The number of carbonyl (C=O) groups is 2. The number of aromatic nitrogens is 3. The molecule has 2 amide bonds. The number of pyridine rings is 1. The van der Waals surface area contributed by atoms with Crippen molar-refractivity contribution >= 4 is 17.7 Å². The first-order valence-electron chi connectivity index (χ1n) is 5.65. The Morgan fingerprint density at radius 3 is 2.85 bits per heavy atom. The zero-order valence-electron chi connectivity index (χ0n) is 10.3. The fourth-order valence-corrected chi connectivity index (χ4v) is 1.40. The fraction of sp³-hybridized carbons (Fsp3) is 0.0833. The van der Waals surface area contributed by atoms with Gasteiger partial charge in [-0.25, -0.2) is 9.59 Å². The first-order valence-corrected chi connectivity index (χ1v) is 5.65. The fourth-order valence-electron chi connectivity index (χ4n) is 1.40. The molecule has 0 aliphatic rings. The number of hydrogen-bond donors (Lipinski definition) is 3. The molecule has 0 aromatic carbocycles. The summed E-state index contributed by atoms with van der Waals surface area (Å²) in [7, 11) is 0. The molecule has 20 heavy (non-hydrogen) atoms. The number of carbonyl (C=O) groups excluding carboxylic acids is 1. The van der Waals surface area contributed by atoms with E-state index in [1.165, 1.54) is 24.7 Å². The molecule has 0 bridgehead atoms. The van der Waals surface area contributed by atoms with Gasteiger partial charge in [0.15, 0.2) is 0 Å². The minimum Gasteiger partial charge on any atom is -0.478 e. The van der Waals surface area contributed by atoms with Crippen LogP contribution in [0.4, 0.5) is 10.5 Å². The second-order valence-electron chi connectivity index (χ2n) is 3.79. The average Bonchev–Trinajstić information content (AvgIpc) is 2.46. The van der Waals surface area contributed by atoms with Crippen molar-refractivity contribution in [3.05, 3.63) is 48.0 Å². The number of urea groups is 1. The van der Waals surface area contributed by atoms with Gasteiger partial charge in [-0.3, -0.25) is 4.98 Å². The molecule has 0 saturated carbocycles. The molecular formula is C12H11N5O3. The van der Waals surface area contributed by atoms with Gasteiger partial charge in [-0.15, -0.1) is 0 Å². The molecule has 102 valence electrons. The molecular weight excluding hydrogens is 262 g/mol. The van der Waals surface area contributed by atoms with E-state index >= 15 is 0 Å². The van der Waals surface area contributed by atoms with E-state index in [4.69, 9.17) is 5.11 Å². The van der Waals surface area contributed by atoms with Gasteiger partial charge < -0.3 is 15.7 Å². The number of amides is 2. The highest BCUT2D eigenvalue weighted by atomic mass is 16.4. The Labute approximate surface area is 113 Å². The second kappa shape index (κ2) is 6.23. The number of rotatable bonds is 4. The Morgan fingerprint density at radius 2 is 2.15 bits per heavy atom. The van der Waals surface area contributed by atoms with Crippen molar-refractivity contribution in [2.24, 2.45) is 0 Å². The lowest BCUT2D eigenvalue weighted by Crippen LogP contribution is -2.28. The molecule has 0 radical (unpaired) electrons. The molecule has 2 aromatic rings. The molecule has 2 rings (SSSR count). The van der Waals surface area contributed by atoms with Crippen LogP contribution in [0.3, 0.4) is 0 Å². The number of nitrogens with one attached hydrogen (secondary N) is 2. The molecule has 8 heteroatoms. The van der Waals surface area contributed by atoms with Crippen molar-refractivity contribution in [2.45, 2.75) is 6.54 Å². The molecule has 0 saturated heterocycles. The summed E-state index contributed by atoms with van der Waals surface area (Å²) in [5.74, 6) is -1.11. The maximum Gasteiger partial charge on any atom is 0.337 e. The highest BCUT2D eigenvalue weighted by Crippen LogP contribution is 2.08. The first kappa shape index (κ1) is 13.4. The minimum absolute atomic E-state index is 0.00303. The maximum atomic E-state index is 11.6. The summed E-state index contributed by atoms with van der Waals surface area (Å²) >= 11 is 0. The van der Waals surface area contributed by atoms with Crippen molar-refractivity contribution in [1.29, 1.82) is 0 Å². The van der Waals surface area contributed by atoms with Crippen molar-refractivity contribution in [3.8, 4) is 0 Å². The quantitative estimate of drug-likeness (QED) is 0.761. The maximum absolute atomic E-state index is 11.6. The Bertz CT molecular complexity index is 617. The van der Waals surface area contributed by atoms with Gasteiger partial charge in [-0.05, 0) is 18.2 Å². The zero-order valence-corrected chi connectivity index (χ0v) is 10.3. The van der Waals surface area contributed by atoms with Crippen LogP contribution in [-0.2, 0) is 6.54 Å². The lowest BCUT2D eigenvalue weighted by atomic mass is 10.2. The molecule has 8 nitrogen and oxygen atoms in total. The van der Waals surface area contributed by atoms with Crippen LogP contribution in [-0.4, -0.2) is 32.3 Å². The SMILES string of the molecule is O=C(NCc1cccnn1)Nc1cncc(C(=O)O)c1. The van der Waals surface area contributed by atoms with Gasteiger partial charge in [0.25, 0.3) is 0 Å². The highest BCUT2D eigenvalue weighted by Gasteiger charge is 2.07. The van der Waals surface area contributed by atoms with Crippen molar-refractivity contribution in [1.82, 2.24) is 20.5 Å². The van der Waals surface area contributed by atoms with Gasteiger partial charge in [0.05, 0.1) is 29.7 Å². The van der Waals surface area contributed by atoms with Gasteiger partial charge in [-0.2, -0.15) is 10.2 Å². The molecule has 0 unspecified atom stereocenters. The smallest absolute Gasteiger partial charge is 0.337 e. The Balaban J connectivity index is 1.91. The number of hydrogen-bond acceptors (Lipinski definition) is 5. The molecule has 0 atom stereocenters. The van der Waals surface area contributed by atoms with Crippen LogP contribution in [0.2, 0.25) is 0 Å². The van der Waals surface area contributed by atoms with Gasteiger partial charge in [-0.1, -0.05) is 0 Å². The number of anilines is 1. The van der Waals surface area contributed by atoms with E-state index in [0.717, 1.165) is 0 Å². The van der Waals surface area contributed by atoms with Gasteiger partial charge in [0, 0.05) is 12.4 Å². The third-order valence-electron chi connectivity index (χ3n) is 2.30. The summed E-state index contributed by atoms with van der Waals surface area (Å²) in [5.41, 5.74) is 0.901. The van der Waals surface area contributed by atoms with Crippen LogP contribution in [0.5, 0.6) is 0 Å². The standard InChI is InChI=1S/C12H11N5O3/c18-11(19)8-4-10(6-13-5-8)16-12(20)14-7-9-2-1-3-15-17-9/h1-6H,7H2,(H,18,19)(H2,14,16,20). The summed E-state index contributed by atoms with van der Waals surface area (Å²) < 4.78 is 0. The van der Waals surface area contributed by atoms with E-state index in [0.29, 0.717) is 11.4 Å². The van der Waals surface area contributed by atoms with Crippen LogP contribution < -0.4 is 10.6 Å². The van der Waals surface area contributed by atoms with Crippen molar-refractivity contribution < 1.29 is 14.7 Å². The Kier molecular flexibility index (Phi) is 4.17. The number of carboxylic acid groups (broad SMARTS) is 1. The van der Waals surface area contributed by atoms with Gasteiger partial charge >= 0.3 is 12.0 Å². The lowest BCUT2D eigenvalue weighted by molar-refractivity contribution is 0.0696. The number of carboxylic acids is 1. The van der Waals surface area contributed by atoms with Crippen LogP contribution in [0.25, 0.3) is 0 Å².